The molecule has 1 fully saturated rings. The van der Waals surface area contributed by atoms with Gasteiger partial charge in [-0.1, -0.05) is 30.9 Å². The van der Waals surface area contributed by atoms with Gasteiger partial charge in [-0.2, -0.15) is 0 Å². The number of barbiturate groups is 1. The van der Waals surface area contributed by atoms with Gasteiger partial charge in [0.15, 0.2) is 11.5 Å². The van der Waals surface area contributed by atoms with Gasteiger partial charge in [0.05, 0.1) is 18.8 Å². The molecule has 0 aromatic heterocycles. The summed E-state index contributed by atoms with van der Waals surface area (Å²) in [5.41, 5.74) is 0.149. The number of nitrogens with one attached hydrogen (secondary N) is 1. The molecule has 2 aromatic carbocycles. The number of hydrogen-bond donors (Lipinski definition) is 1. The Bertz CT molecular complexity index is 1100. The fourth-order valence-electron chi connectivity index (χ4n) is 2.85. The van der Waals surface area contributed by atoms with Crippen molar-refractivity contribution in [2.75, 3.05) is 18.6 Å². The lowest BCUT2D eigenvalue weighted by atomic mass is 10.1. The smallest absolute Gasteiger partial charge is 0.335 e. The van der Waals surface area contributed by atoms with E-state index in [1.165, 1.54) is 37.5 Å². The standard InChI is InChI=1S/C22H18N2O7/c1-3-10-31-17-9-4-13(12-18(17)30-2)11-16-19(25)23-22(29)24(20(16)26)15-7-5-14(6-8-15)21(27)28/h3-9,11-12H,1,10H2,2H3,(H,27,28)(H,23,25,29)/p-1/b16-11+. The number of carboxylic acids is 1. The molecule has 1 aliphatic rings. The van der Waals surface area contributed by atoms with Crippen LogP contribution in [-0.2, 0) is 9.59 Å². The molecule has 2 aromatic rings. The molecular formula is C22H17N2O7-. The van der Waals surface area contributed by atoms with Gasteiger partial charge in [-0.3, -0.25) is 14.9 Å². The highest BCUT2D eigenvalue weighted by Gasteiger charge is 2.36. The summed E-state index contributed by atoms with van der Waals surface area (Å²) in [5, 5.41) is 13.0. The molecule has 1 N–H and O–H groups in total. The summed E-state index contributed by atoms with van der Waals surface area (Å²) in [5.74, 6) is -2.28. The van der Waals surface area contributed by atoms with E-state index in [1.54, 1.807) is 24.3 Å². The van der Waals surface area contributed by atoms with Crippen LogP contribution in [0.3, 0.4) is 0 Å². The van der Waals surface area contributed by atoms with E-state index < -0.39 is 23.8 Å². The molecule has 0 spiro atoms. The summed E-state index contributed by atoms with van der Waals surface area (Å²) < 4.78 is 10.7. The summed E-state index contributed by atoms with van der Waals surface area (Å²) in [7, 11) is 1.45. The van der Waals surface area contributed by atoms with E-state index >= 15 is 0 Å². The Morgan fingerprint density at radius 3 is 2.45 bits per heavy atom. The molecule has 0 atom stereocenters. The maximum Gasteiger partial charge on any atom is 0.335 e. The second-order valence-corrected chi connectivity index (χ2v) is 6.30. The van der Waals surface area contributed by atoms with E-state index in [0.29, 0.717) is 17.1 Å². The summed E-state index contributed by atoms with van der Waals surface area (Å²) >= 11 is 0. The Balaban J connectivity index is 1.95. The van der Waals surface area contributed by atoms with Crippen LogP contribution in [0.2, 0.25) is 0 Å². The quantitative estimate of drug-likeness (QED) is 0.406. The van der Waals surface area contributed by atoms with Crippen molar-refractivity contribution >= 4 is 35.6 Å². The Morgan fingerprint density at radius 1 is 1.13 bits per heavy atom. The Morgan fingerprint density at radius 2 is 1.84 bits per heavy atom. The minimum Gasteiger partial charge on any atom is -0.545 e. The molecule has 0 unspecified atom stereocenters. The molecule has 1 saturated heterocycles. The van der Waals surface area contributed by atoms with Crippen LogP contribution in [0.1, 0.15) is 15.9 Å². The fourth-order valence-corrected chi connectivity index (χ4v) is 2.85. The second-order valence-electron chi connectivity index (χ2n) is 6.30. The normalized spacial score (nSPS) is 14.9. The van der Waals surface area contributed by atoms with Crippen molar-refractivity contribution in [3.05, 3.63) is 71.8 Å². The first-order chi connectivity index (χ1) is 14.8. The first-order valence-electron chi connectivity index (χ1n) is 9.00. The average molecular weight is 421 g/mol. The van der Waals surface area contributed by atoms with E-state index in [2.05, 4.69) is 11.9 Å². The van der Waals surface area contributed by atoms with Crippen molar-refractivity contribution in [3.63, 3.8) is 0 Å². The number of nitrogens with zero attached hydrogens (tertiary/aromatic N) is 1. The molecule has 1 heterocycles. The van der Waals surface area contributed by atoms with E-state index in [4.69, 9.17) is 9.47 Å². The van der Waals surface area contributed by atoms with E-state index in [0.717, 1.165) is 4.90 Å². The molecule has 9 nitrogen and oxygen atoms in total. The first-order valence-corrected chi connectivity index (χ1v) is 9.00. The lowest BCUT2D eigenvalue weighted by molar-refractivity contribution is -0.255. The number of rotatable bonds is 7. The SMILES string of the molecule is C=CCOc1ccc(/C=C2\C(=O)NC(=O)N(c3ccc(C(=O)[O-])cc3)C2=O)cc1OC. The van der Waals surface area contributed by atoms with Gasteiger partial charge >= 0.3 is 6.03 Å². The maximum absolute atomic E-state index is 12.9. The average Bonchev–Trinajstić information content (AvgIpc) is 2.75. The van der Waals surface area contributed by atoms with Gasteiger partial charge in [-0.05, 0) is 41.5 Å². The van der Waals surface area contributed by atoms with E-state index in [9.17, 15) is 24.3 Å². The number of urea groups is 1. The molecule has 0 radical (unpaired) electrons. The molecule has 31 heavy (non-hydrogen) atoms. The van der Waals surface area contributed by atoms with Crippen molar-refractivity contribution in [2.24, 2.45) is 0 Å². The summed E-state index contributed by atoms with van der Waals surface area (Å²) in [6, 6.07) is 8.78. The number of imide groups is 2. The predicted octanol–water partition coefficient (Wildman–Crippen LogP) is 1.29. The number of carbonyl (C=O) groups is 4. The predicted molar refractivity (Wildman–Crippen MR) is 108 cm³/mol. The molecule has 9 heteroatoms. The lowest BCUT2D eigenvalue weighted by Gasteiger charge is -2.26. The molecule has 158 valence electrons. The van der Waals surface area contributed by atoms with Crippen molar-refractivity contribution in [1.29, 1.82) is 0 Å². The third kappa shape index (κ3) is 4.45. The van der Waals surface area contributed by atoms with Gasteiger partial charge in [0.1, 0.15) is 12.2 Å². The lowest BCUT2D eigenvalue weighted by Crippen LogP contribution is -2.54. The van der Waals surface area contributed by atoms with Gasteiger partial charge in [-0.25, -0.2) is 9.69 Å². The van der Waals surface area contributed by atoms with Crippen LogP contribution in [0, 0.1) is 0 Å². The number of aromatic carboxylic acids is 1. The van der Waals surface area contributed by atoms with Crippen LogP contribution in [0.5, 0.6) is 11.5 Å². The number of carboxylic acid groups (broad SMARTS) is 1. The van der Waals surface area contributed by atoms with Crippen LogP contribution in [-0.4, -0.2) is 37.5 Å². The highest BCUT2D eigenvalue weighted by Crippen LogP contribution is 2.30. The molecular weight excluding hydrogens is 404 g/mol. The summed E-state index contributed by atoms with van der Waals surface area (Å²) in [4.78, 5) is 49.1. The number of methoxy groups -OCH3 is 1. The molecule has 0 saturated carbocycles. The Hall–Kier alpha value is -4.40. The van der Waals surface area contributed by atoms with Crippen molar-refractivity contribution in [2.45, 2.75) is 0 Å². The highest BCUT2D eigenvalue weighted by atomic mass is 16.5. The Labute approximate surface area is 177 Å². The first kappa shape index (κ1) is 21.3. The monoisotopic (exact) mass is 421 g/mol. The fraction of sp³-hybridized carbons (Fsp3) is 0.0909. The number of ether oxygens (including phenoxy) is 2. The van der Waals surface area contributed by atoms with E-state index in [1.807, 2.05) is 0 Å². The van der Waals surface area contributed by atoms with Crippen molar-refractivity contribution < 1.29 is 33.8 Å². The topological polar surface area (TPSA) is 125 Å². The number of carbonyl (C=O) groups excluding carboxylic acids is 4. The van der Waals surface area contributed by atoms with Gasteiger partial charge in [0, 0.05) is 0 Å². The van der Waals surface area contributed by atoms with Gasteiger partial charge < -0.3 is 19.4 Å². The summed E-state index contributed by atoms with van der Waals surface area (Å²) in [6.45, 7) is 3.84. The second kappa shape index (κ2) is 8.95. The van der Waals surface area contributed by atoms with E-state index in [-0.39, 0.29) is 23.4 Å². The highest BCUT2D eigenvalue weighted by molar-refractivity contribution is 6.39. The number of anilines is 1. The largest absolute Gasteiger partial charge is 0.545 e. The van der Waals surface area contributed by atoms with Crippen molar-refractivity contribution in [1.82, 2.24) is 5.32 Å². The molecule has 0 bridgehead atoms. The number of benzene rings is 2. The zero-order valence-corrected chi connectivity index (χ0v) is 16.4. The minimum absolute atomic E-state index is 0.0941. The zero-order chi connectivity index (χ0) is 22.5. The third-order valence-corrected chi connectivity index (χ3v) is 4.32. The van der Waals surface area contributed by atoms with Crippen LogP contribution in [0.25, 0.3) is 6.08 Å². The van der Waals surface area contributed by atoms with Gasteiger partial charge in [-0.15, -0.1) is 0 Å². The van der Waals surface area contributed by atoms with Gasteiger partial charge in [0.2, 0.25) is 0 Å². The Kier molecular flexibility index (Phi) is 6.15. The van der Waals surface area contributed by atoms with Crippen LogP contribution >= 0.6 is 0 Å². The van der Waals surface area contributed by atoms with Crippen LogP contribution in [0.4, 0.5) is 10.5 Å². The minimum atomic E-state index is -1.40. The molecule has 0 aliphatic carbocycles. The molecule has 1 aliphatic heterocycles. The number of amides is 4. The van der Waals surface area contributed by atoms with Crippen LogP contribution in [0.15, 0.2) is 60.7 Å². The third-order valence-electron chi connectivity index (χ3n) is 4.32. The maximum atomic E-state index is 12.9. The van der Waals surface area contributed by atoms with Crippen LogP contribution < -0.4 is 24.8 Å². The zero-order valence-electron chi connectivity index (χ0n) is 16.4. The van der Waals surface area contributed by atoms with Gasteiger partial charge in [0.25, 0.3) is 11.8 Å². The van der Waals surface area contributed by atoms with Crippen molar-refractivity contribution in [3.8, 4) is 11.5 Å². The molecule has 4 amide bonds. The molecule has 3 rings (SSSR count). The number of hydrogen-bond acceptors (Lipinski definition) is 7. The summed E-state index contributed by atoms with van der Waals surface area (Å²) in [6.07, 6.45) is 2.89.